The van der Waals surface area contributed by atoms with Crippen molar-refractivity contribution in [3.63, 3.8) is 0 Å². The molecule has 16 heavy (non-hydrogen) atoms. The van der Waals surface area contributed by atoms with Crippen LogP contribution in [0.15, 0.2) is 18.2 Å². The first-order chi connectivity index (χ1) is 7.70. The highest BCUT2D eigenvalue weighted by Gasteiger charge is 2.20. The molecule has 1 aliphatic rings. The standard InChI is InChI=1S/C13H14N2O/c1-2-9-7-10(3-4-12(9)14)11-5-6-15-13(16)8-11/h1,3-4,7,11H,5-6,8,14H2,(H,15,16). The number of carbonyl (C=O) groups excluding carboxylic acids is 1. The van der Waals surface area contributed by atoms with Crippen LogP contribution in [0.4, 0.5) is 5.69 Å². The van der Waals surface area contributed by atoms with E-state index in [2.05, 4.69) is 11.2 Å². The van der Waals surface area contributed by atoms with Gasteiger partial charge in [-0.3, -0.25) is 4.79 Å². The van der Waals surface area contributed by atoms with E-state index in [9.17, 15) is 4.79 Å². The molecule has 3 nitrogen and oxygen atoms in total. The van der Waals surface area contributed by atoms with Crippen molar-refractivity contribution in [1.82, 2.24) is 5.32 Å². The fourth-order valence-electron chi connectivity index (χ4n) is 2.02. The highest BCUT2D eigenvalue weighted by molar-refractivity contribution is 5.77. The molecule has 0 saturated carbocycles. The fraction of sp³-hybridized carbons (Fsp3) is 0.308. The topological polar surface area (TPSA) is 55.1 Å². The van der Waals surface area contributed by atoms with Crippen molar-refractivity contribution in [2.75, 3.05) is 12.3 Å². The van der Waals surface area contributed by atoms with Crippen LogP contribution in [-0.2, 0) is 4.79 Å². The van der Waals surface area contributed by atoms with Crippen LogP contribution >= 0.6 is 0 Å². The van der Waals surface area contributed by atoms with Crippen LogP contribution < -0.4 is 11.1 Å². The molecule has 0 aromatic heterocycles. The number of amides is 1. The number of piperidine rings is 1. The number of carbonyl (C=O) groups is 1. The molecule has 1 aliphatic heterocycles. The van der Waals surface area contributed by atoms with Gasteiger partial charge in [-0.1, -0.05) is 12.0 Å². The number of terminal acetylenes is 1. The summed E-state index contributed by atoms with van der Waals surface area (Å²) in [5.41, 5.74) is 8.17. The molecular weight excluding hydrogens is 200 g/mol. The second-order valence-corrected chi connectivity index (χ2v) is 4.03. The van der Waals surface area contributed by atoms with Gasteiger partial charge in [0.15, 0.2) is 0 Å². The highest BCUT2D eigenvalue weighted by atomic mass is 16.1. The van der Waals surface area contributed by atoms with Gasteiger partial charge in [0.2, 0.25) is 5.91 Å². The molecule has 1 fully saturated rings. The van der Waals surface area contributed by atoms with E-state index in [0.717, 1.165) is 18.5 Å². The average Bonchev–Trinajstić information content (AvgIpc) is 2.29. The molecule has 1 atom stereocenters. The number of nitrogen functional groups attached to an aromatic ring is 1. The van der Waals surface area contributed by atoms with Gasteiger partial charge in [-0.25, -0.2) is 0 Å². The van der Waals surface area contributed by atoms with Crippen LogP contribution in [0, 0.1) is 12.3 Å². The molecule has 1 amide bonds. The lowest BCUT2D eigenvalue weighted by molar-refractivity contribution is -0.122. The van der Waals surface area contributed by atoms with Gasteiger partial charge in [0.05, 0.1) is 0 Å². The van der Waals surface area contributed by atoms with Crippen molar-refractivity contribution in [3.8, 4) is 12.3 Å². The third kappa shape index (κ3) is 2.01. The number of nitrogens with one attached hydrogen (secondary N) is 1. The van der Waals surface area contributed by atoms with Crippen molar-refractivity contribution in [2.24, 2.45) is 0 Å². The molecule has 3 N–H and O–H groups in total. The molecule has 1 unspecified atom stereocenters. The SMILES string of the molecule is C#Cc1cc(C2CCNC(=O)C2)ccc1N. The van der Waals surface area contributed by atoms with E-state index in [4.69, 9.17) is 12.2 Å². The minimum absolute atomic E-state index is 0.107. The maximum absolute atomic E-state index is 11.3. The first-order valence-electron chi connectivity index (χ1n) is 5.33. The van der Waals surface area contributed by atoms with Crippen LogP contribution in [0.25, 0.3) is 0 Å². The summed E-state index contributed by atoms with van der Waals surface area (Å²) < 4.78 is 0. The van der Waals surface area contributed by atoms with E-state index < -0.39 is 0 Å². The Labute approximate surface area is 95.0 Å². The van der Waals surface area contributed by atoms with Crippen LogP contribution in [0.3, 0.4) is 0 Å². The van der Waals surface area contributed by atoms with Crippen molar-refractivity contribution in [3.05, 3.63) is 29.3 Å². The quantitative estimate of drug-likeness (QED) is 0.546. The molecule has 82 valence electrons. The molecule has 0 radical (unpaired) electrons. The van der Waals surface area contributed by atoms with Gasteiger partial charge >= 0.3 is 0 Å². The molecule has 1 saturated heterocycles. The summed E-state index contributed by atoms with van der Waals surface area (Å²) in [6.07, 6.45) is 6.86. The first kappa shape index (κ1) is 10.6. The van der Waals surface area contributed by atoms with Gasteiger partial charge in [-0.2, -0.15) is 0 Å². The summed E-state index contributed by atoms with van der Waals surface area (Å²) in [7, 11) is 0. The van der Waals surface area contributed by atoms with E-state index in [-0.39, 0.29) is 11.8 Å². The maximum Gasteiger partial charge on any atom is 0.220 e. The van der Waals surface area contributed by atoms with Crippen LogP contribution in [-0.4, -0.2) is 12.5 Å². The monoisotopic (exact) mass is 214 g/mol. The second-order valence-electron chi connectivity index (χ2n) is 4.03. The fourth-order valence-corrected chi connectivity index (χ4v) is 2.02. The van der Waals surface area contributed by atoms with Gasteiger partial charge in [-0.05, 0) is 30.0 Å². The highest BCUT2D eigenvalue weighted by Crippen LogP contribution is 2.27. The van der Waals surface area contributed by atoms with Crippen LogP contribution in [0.1, 0.15) is 29.9 Å². The van der Waals surface area contributed by atoms with Gasteiger partial charge in [-0.15, -0.1) is 6.42 Å². The predicted molar refractivity (Wildman–Crippen MR) is 63.8 cm³/mol. The Morgan fingerprint density at radius 2 is 2.31 bits per heavy atom. The first-order valence-corrected chi connectivity index (χ1v) is 5.33. The van der Waals surface area contributed by atoms with Crippen LogP contribution in [0.2, 0.25) is 0 Å². The molecule has 0 spiro atoms. The van der Waals surface area contributed by atoms with E-state index in [1.165, 1.54) is 0 Å². The molecule has 1 aromatic carbocycles. The summed E-state index contributed by atoms with van der Waals surface area (Å²) in [5.74, 6) is 2.93. The van der Waals surface area contributed by atoms with Gasteiger partial charge in [0, 0.05) is 24.2 Å². The van der Waals surface area contributed by atoms with Gasteiger partial charge < -0.3 is 11.1 Å². The lowest BCUT2D eigenvalue weighted by atomic mass is 9.89. The smallest absolute Gasteiger partial charge is 0.220 e. The Kier molecular flexibility index (Phi) is 2.82. The number of benzene rings is 1. The molecule has 0 aliphatic carbocycles. The summed E-state index contributed by atoms with van der Waals surface area (Å²) in [5, 5.41) is 2.82. The minimum atomic E-state index is 0.107. The molecule has 1 heterocycles. The lowest BCUT2D eigenvalue weighted by Crippen LogP contribution is -2.32. The zero-order valence-corrected chi connectivity index (χ0v) is 8.99. The van der Waals surface area contributed by atoms with E-state index in [0.29, 0.717) is 17.7 Å². The molecule has 0 bridgehead atoms. The van der Waals surface area contributed by atoms with Gasteiger partial charge in [0.1, 0.15) is 0 Å². The Balaban J connectivity index is 2.27. The molecular formula is C13H14N2O. The van der Waals surface area contributed by atoms with Crippen molar-refractivity contribution in [2.45, 2.75) is 18.8 Å². The average molecular weight is 214 g/mol. The number of hydrogen-bond donors (Lipinski definition) is 2. The van der Waals surface area contributed by atoms with E-state index in [1.807, 2.05) is 18.2 Å². The Bertz CT molecular complexity index is 459. The minimum Gasteiger partial charge on any atom is -0.398 e. The molecule has 3 heteroatoms. The normalized spacial score (nSPS) is 19.9. The predicted octanol–water partition coefficient (Wildman–Crippen LogP) is 1.24. The van der Waals surface area contributed by atoms with E-state index >= 15 is 0 Å². The lowest BCUT2D eigenvalue weighted by Gasteiger charge is -2.22. The number of nitrogens with two attached hydrogens (primary N) is 1. The Hall–Kier alpha value is -1.95. The Morgan fingerprint density at radius 1 is 1.50 bits per heavy atom. The zero-order valence-electron chi connectivity index (χ0n) is 8.99. The van der Waals surface area contributed by atoms with Crippen molar-refractivity contribution in [1.29, 1.82) is 0 Å². The van der Waals surface area contributed by atoms with Crippen LogP contribution in [0.5, 0.6) is 0 Å². The summed E-state index contributed by atoms with van der Waals surface area (Å²) in [4.78, 5) is 11.3. The van der Waals surface area contributed by atoms with Gasteiger partial charge in [0.25, 0.3) is 0 Å². The van der Waals surface area contributed by atoms with Crippen molar-refractivity contribution >= 4 is 11.6 Å². The number of rotatable bonds is 1. The third-order valence-electron chi connectivity index (χ3n) is 2.95. The maximum atomic E-state index is 11.3. The second kappa shape index (κ2) is 4.28. The molecule has 2 rings (SSSR count). The third-order valence-corrected chi connectivity index (χ3v) is 2.95. The Morgan fingerprint density at radius 3 is 3.00 bits per heavy atom. The largest absolute Gasteiger partial charge is 0.398 e. The van der Waals surface area contributed by atoms with E-state index in [1.54, 1.807) is 0 Å². The summed E-state index contributed by atoms with van der Waals surface area (Å²) >= 11 is 0. The summed E-state index contributed by atoms with van der Waals surface area (Å²) in [6, 6.07) is 5.69. The van der Waals surface area contributed by atoms with Crippen molar-refractivity contribution < 1.29 is 4.79 Å². The number of anilines is 1. The molecule has 1 aromatic rings. The zero-order chi connectivity index (χ0) is 11.5. The number of hydrogen-bond acceptors (Lipinski definition) is 2. The summed E-state index contributed by atoms with van der Waals surface area (Å²) in [6.45, 7) is 0.735.